The van der Waals surface area contributed by atoms with Gasteiger partial charge >= 0.3 is 0 Å². The van der Waals surface area contributed by atoms with Gasteiger partial charge in [0.25, 0.3) is 0 Å². The molecular formula is C15H15N3O2. The lowest BCUT2D eigenvalue weighted by Crippen LogP contribution is -2.34. The zero-order chi connectivity index (χ0) is 13.9. The smallest absolute Gasteiger partial charge is 0.222 e. The van der Waals surface area contributed by atoms with E-state index in [4.69, 9.17) is 4.74 Å². The van der Waals surface area contributed by atoms with E-state index in [1.54, 1.807) is 0 Å². The summed E-state index contributed by atoms with van der Waals surface area (Å²) < 4.78 is 5.81. The monoisotopic (exact) mass is 269 g/mol. The Morgan fingerprint density at radius 1 is 1.35 bits per heavy atom. The van der Waals surface area contributed by atoms with Gasteiger partial charge in [-0.25, -0.2) is 9.97 Å². The van der Waals surface area contributed by atoms with Crippen molar-refractivity contribution >= 4 is 12.2 Å². The van der Waals surface area contributed by atoms with Crippen LogP contribution >= 0.6 is 0 Å². The van der Waals surface area contributed by atoms with Crippen molar-refractivity contribution < 1.29 is 9.53 Å². The number of fused-ring (bicyclic) bond motifs is 1. The van der Waals surface area contributed by atoms with Crippen molar-refractivity contribution in [2.45, 2.75) is 19.4 Å². The van der Waals surface area contributed by atoms with Crippen molar-refractivity contribution in [3.63, 3.8) is 0 Å². The molecule has 0 radical (unpaired) electrons. The SMILES string of the molecule is Cc1cccc2c1OCC(Nc1ncc(C=O)cn1)C2. The average Bonchev–Trinajstić information content (AvgIpc) is 2.48. The molecule has 1 aromatic heterocycles. The highest BCUT2D eigenvalue weighted by Crippen LogP contribution is 2.28. The Balaban J connectivity index is 1.72. The van der Waals surface area contributed by atoms with Crippen LogP contribution in [0.2, 0.25) is 0 Å². The normalized spacial score (nSPS) is 16.9. The standard InChI is InChI=1S/C15H15N3O2/c1-10-3-2-4-12-5-13(9-20-14(10)12)18-15-16-6-11(8-19)7-17-15/h2-4,6-8,13H,5,9H2,1H3,(H,16,17,18). The molecule has 1 aliphatic rings. The molecule has 20 heavy (non-hydrogen) atoms. The van der Waals surface area contributed by atoms with Crippen LogP contribution in [-0.4, -0.2) is 28.9 Å². The maximum absolute atomic E-state index is 10.6. The molecule has 0 bridgehead atoms. The Kier molecular flexibility index (Phi) is 3.33. The molecule has 0 saturated heterocycles. The van der Waals surface area contributed by atoms with Gasteiger partial charge in [0.05, 0.1) is 11.6 Å². The minimum Gasteiger partial charge on any atom is -0.491 e. The fourth-order valence-corrected chi connectivity index (χ4v) is 2.34. The number of carbonyl (C=O) groups is 1. The third-order valence-electron chi connectivity index (χ3n) is 3.33. The Morgan fingerprint density at radius 2 is 2.15 bits per heavy atom. The number of anilines is 1. The number of aryl methyl sites for hydroxylation is 1. The molecule has 1 N–H and O–H groups in total. The molecular weight excluding hydrogens is 254 g/mol. The first-order valence-corrected chi connectivity index (χ1v) is 6.51. The van der Waals surface area contributed by atoms with Gasteiger partial charge in [0.1, 0.15) is 12.4 Å². The quantitative estimate of drug-likeness (QED) is 0.863. The minimum absolute atomic E-state index is 0.131. The molecule has 5 nitrogen and oxygen atoms in total. The molecule has 0 aliphatic carbocycles. The molecule has 0 amide bonds. The zero-order valence-corrected chi connectivity index (χ0v) is 11.2. The number of rotatable bonds is 3. The fraction of sp³-hybridized carbons (Fsp3) is 0.267. The molecule has 0 spiro atoms. The lowest BCUT2D eigenvalue weighted by molar-refractivity contribution is 0.112. The number of para-hydroxylation sites is 1. The van der Waals surface area contributed by atoms with Crippen LogP contribution < -0.4 is 10.1 Å². The highest BCUT2D eigenvalue weighted by Gasteiger charge is 2.21. The minimum atomic E-state index is 0.131. The summed E-state index contributed by atoms with van der Waals surface area (Å²) in [6.45, 7) is 2.63. The van der Waals surface area contributed by atoms with E-state index in [9.17, 15) is 4.79 Å². The van der Waals surface area contributed by atoms with E-state index in [0.717, 1.165) is 24.0 Å². The van der Waals surface area contributed by atoms with Crippen LogP contribution in [0.25, 0.3) is 0 Å². The topological polar surface area (TPSA) is 64.1 Å². The Morgan fingerprint density at radius 3 is 2.90 bits per heavy atom. The molecule has 3 rings (SSSR count). The summed E-state index contributed by atoms with van der Waals surface area (Å²) in [6.07, 6.45) is 4.61. The van der Waals surface area contributed by atoms with Crippen LogP contribution in [0.5, 0.6) is 5.75 Å². The van der Waals surface area contributed by atoms with Gasteiger partial charge in [-0.2, -0.15) is 0 Å². The van der Waals surface area contributed by atoms with Gasteiger partial charge in [0, 0.05) is 12.4 Å². The first-order valence-electron chi connectivity index (χ1n) is 6.51. The predicted molar refractivity (Wildman–Crippen MR) is 75.2 cm³/mol. The van der Waals surface area contributed by atoms with Crippen molar-refractivity contribution in [3.8, 4) is 5.75 Å². The number of hydrogen-bond donors (Lipinski definition) is 1. The van der Waals surface area contributed by atoms with Crippen molar-refractivity contribution in [1.29, 1.82) is 0 Å². The Bertz CT molecular complexity index is 626. The second-order valence-corrected chi connectivity index (χ2v) is 4.88. The number of hydrogen-bond acceptors (Lipinski definition) is 5. The summed E-state index contributed by atoms with van der Waals surface area (Å²) >= 11 is 0. The fourth-order valence-electron chi connectivity index (χ4n) is 2.34. The van der Waals surface area contributed by atoms with E-state index in [0.29, 0.717) is 18.1 Å². The first-order chi connectivity index (χ1) is 9.76. The molecule has 0 saturated carbocycles. The third kappa shape index (κ3) is 2.47. The molecule has 1 aliphatic heterocycles. The summed E-state index contributed by atoms with van der Waals surface area (Å²) in [5, 5.41) is 3.23. The van der Waals surface area contributed by atoms with Gasteiger partial charge in [-0.1, -0.05) is 18.2 Å². The second kappa shape index (κ2) is 5.28. The number of ether oxygens (including phenoxy) is 1. The number of aromatic nitrogens is 2. The average molecular weight is 269 g/mol. The summed E-state index contributed by atoms with van der Waals surface area (Å²) in [7, 11) is 0. The highest BCUT2D eigenvalue weighted by atomic mass is 16.5. The summed E-state index contributed by atoms with van der Waals surface area (Å²) in [5.41, 5.74) is 2.82. The van der Waals surface area contributed by atoms with Crippen LogP contribution in [0.15, 0.2) is 30.6 Å². The number of carbonyl (C=O) groups excluding carboxylic acids is 1. The van der Waals surface area contributed by atoms with Crippen molar-refractivity contribution in [2.24, 2.45) is 0 Å². The Labute approximate surface area is 117 Å². The van der Waals surface area contributed by atoms with Crippen molar-refractivity contribution in [3.05, 3.63) is 47.3 Å². The first kappa shape index (κ1) is 12.6. The van der Waals surface area contributed by atoms with Crippen LogP contribution in [0.1, 0.15) is 21.5 Å². The summed E-state index contributed by atoms with van der Waals surface area (Å²) in [4.78, 5) is 18.8. The molecule has 102 valence electrons. The molecule has 1 atom stereocenters. The maximum Gasteiger partial charge on any atom is 0.222 e. The van der Waals surface area contributed by atoms with E-state index >= 15 is 0 Å². The van der Waals surface area contributed by atoms with Crippen LogP contribution in [0, 0.1) is 6.92 Å². The number of benzene rings is 1. The lowest BCUT2D eigenvalue weighted by Gasteiger charge is -2.27. The van der Waals surface area contributed by atoms with E-state index in [-0.39, 0.29) is 6.04 Å². The van der Waals surface area contributed by atoms with Crippen molar-refractivity contribution in [2.75, 3.05) is 11.9 Å². The van der Waals surface area contributed by atoms with Crippen LogP contribution in [0.4, 0.5) is 5.95 Å². The molecule has 5 heteroatoms. The molecule has 1 unspecified atom stereocenters. The van der Waals surface area contributed by atoms with Gasteiger partial charge in [0.15, 0.2) is 6.29 Å². The summed E-state index contributed by atoms with van der Waals surface area (Å²) in [6, 6.07) is 6.29. The molecule has 2 heterocycles. The van der Waals surface area contributed by atoms with Crippen LogP contribution in [-0.2, 0) is 6.42 Å². The number of nitrogens with zero attached hydrogens (tertiary/aromatic N) is 2. The van der Waals surface area contributed by atoms with Gasteiger partial charge in [-0.3, -0.25) is 4.79 Å². The lowest BCUT2D eigenvalue weighted by atomic mass is 10.0. The van der Waals surface area contributed by atoms with E-state index in [1.165, 1.54) is 18.0 Å². The summed E-state index contributed by atoms with van der Waals surface area (Å²) in [5.74, 6) is 1.50. The maximum atomic E-state index is 10.6. The van der Waals surface area contributed by atoms with E-state index in [1.807, 2.05) is 19.1 Å². The third-order valence-corrected chi connectivity index (χ3v) is 3.33. The van der Waals surface area contributed by atoms with Gasteiger partial charge in [-0.05, 0) is 24.5 Å². The molecule has 1 aromatic carbocycles. The van der Waals surface area contributed by atoms with E-state index in [2.05, 4.69) is 21.4 Å². The predicted octanol–water partition coefficient (Wildman–Crippen LogP) is 2.01. The van der Waals surface area contributed by atoms with Crippen LogP contribution in [0.3, 0.4) is 0 Å². The molecule has 2 aromatic rings. The largest absolute Gasteiger partial charge is 0.491 e. The van der Waals surface area contributed by atoms with E-state index < -0.39 is 0 Å². The van der Waals surface area contributed by atoms with Gasteiger partial charge in [-0.15, -0.1) is 0 Å². The second-order valence-electron chi connectivity index (χ2n) is 4.88. The zero-order valence-electron chi connectivity index (χ0n) is 11.2. The molecule has 0 fully saturated rings. The van der Waals surface area contributed by atoms with Crippen molar-refractivity contribution in [1.82, 2.24) is 9.97 Å². The number of aldehydes is 1. The number of nitrogens with one attached hydrogen (secondary N) is 1. The Hall–Kier alpha value is -2.43. The van der Waals surface area contributed by atoms with Gasteiger partial charge in [0.2, 0.25) is 5.95 Å². The highest BCUT2D eigenvalue weighted by molar-refractivity contribution is 5.73. The van der Waals surface area contributed by atoms with Gasteiger partial charge < -0.3 is 10.1 Å².